The first-order valence-electron chi connectivity index (χ1n) is 6.92. The van der Waals surface area contributed by atoms with Crippen LogP contribution >= 0.6 is 0 Å². The third kappa shape index (κ3) is 3.24. The van der Waals surface area contributed by atoms with E-state index in [0.717, 1.165) is 0 Å². The lowest BCUT2D eigenvalue weighted by Crippen LogP contribution is -2.39. The molecule has 0 bridgehead atoms. The van der Waals surface area contributed by atoms with Gasteiger partial charge in [0.2, 0.25) is 0 Å². The first-order chi connectivity index (χ1) is 10.0. The molecular formula is C14H18N2O5. The summed E-state index contributed by atoms with van der Waals surface area (Å²) in [5, 5.41) is 20.5. The van der Waals surface area contributed by atoms with Gasteiger partial charge in [0, 0.05) is 13.1 Å². The molecule has 1 N–H and O–H groups in total. The predicted octanol–water partition coefficient (Wildman–Crippen LogP) is 2.29. The fourth-order valence-electron chi connectivity index (χ4n) is 2.62. The van der Waals surface area contributed by atoms with E-state index in [9.17, 15) is 14.9 Å². The summed E-state index contributed by atoms with van der Waals surface area (Å²) in [6.45, 7) is 2.99. The Hall–Kier alpha value is -2.31. The van der Waals surface area contributed by atoms with Crippen LogP contribution in [0.1, 0.15) is 19.8 Å². The number of benzene rings is 1. The number of anilines is 1. The normalized spacial score (nSPS) is 18.3. The van der Waals surface area contributed by atoms with Crippen LogP contribution in [0.3, 0.4) is 0 Å². The number of carbonyl (C=O) groups is 1. The Morgan fingerprint density at radius 2 is 2.33 bits per heavy atom. The number of carboxylic acid groups (broad SMARTS) is 1. The van der Waals surface area contributed by atoms with Crippen molar-refractivity contribution in [2.75, 3.05) is 24.6 Å². The molecule has 1 fully saturated rings. The van der Waals surface area contributed by atoms with Crippen LogP contribution in [0.25, 0.3) is 0 Å². The van der Waals surface area contributed by atoms with Gasteiger partial charge in [-0.05, 0) is 31.9 Å². The highest BCUT2D eigenvalue weighted by Crippen LogP contribution is 2.38. The zero-order valence-corrected chi connectivity index (χ0v) is 11.8. The fourth-order valence-corrected chi connectivity index (χ4v) is 2.62. The topological polar surface area (TPSA) is 92.9 Å². The van der Waals surface area contributed by atoms with Crippen molar-refractivity contribution in [1.82, 2.24) is 0 Å². The Kier molecular flexibility index (Phi) is 4.62. The second-order valence-corrected chi connectivity index (χ2v) is 4.94. The monoisotopic (exact) mass is 294 g/mol. The summed E-state index contributed by atoms with van der Waals surface area (Å²) in [5.74, 6) is -1.13. The van der Waals surface area contributed by atoms with Crippen molar-refractivity contribution in [3.63, 3.8) is 0 Å². The van der Waals surface area contributed by atoms with Crippen molar-refractivity contribution in [2.45, 2.75) is 19.8 Å². The van der Waals surface area contributed by atoms with Crippen molar-refractivity contribution >= 4 is 17.3 Å². The molecule has 2 rings (SSSR count). The molecule has 0 amide bonds. The minimum absolute atomic E-state index is 0.0922. The first kappa shape index (κ1) is 15.1. The standard InChI is InChI=1S/C14H18N2O5/c1-2-21-12-7-3-6-11(13(12)16(19)20)15-8-4-5-10(9-15)14(17)18/h3,6-7,10H,2,4-5,8-9H2,1H3,(H,17,18). The van der Waals surface area contributed by atoms with Crippen molar-refractivity contribution in [1.29, 1.82) is 0 Å². The molecule has 0 spiro atoms. The summed E-state index contributed by atoms with van der Waals surface area (Å²) < 4.78 is 5.32. The lowest BCUT2D eigenvalue weighted by molar-refractivity contribution is -0.385. The maximum absolute atomic E-state index is 11.4. The molecule has 0 aromatic heterocycles. The summed E-state index contributed by atoms with van der Waals surface area (Å²) in [5.41, 5.74) is 0.335. The minimum Gasteiger partial charge on any atom is -0.487 e. The van der Waals surface area contributed by atoms with Gasteiger partial charge in [-0.15, -0.1) is 0 Å². The Labute approximate surface area is 122 Å². The molecule has 0 radical (unpaired) electrons. The van der Waals surface area contributed by atoms with Gasteiger partial charge in [-0.1, -0.05) is 6.07 Å². The molecule has 7 heteroatoms. The van der Waals surface area contributed by atoms with Gasteiger partial charge in [0.1, 0.15) is 5.69 Å². The maximum atomic E-state index is 11.4. The third-order valence-corrected chi connectivity index (χ3v) is 3.57. The van der Waals surface area contributed by atoms with E-state index in [4.69, 9.17) is 9.84 Å². The first-order valence-corrected chi connectivity index (χ1v) is 6.92. The van der Waals surface area contributed by atoms with Crippen LogP contribution in [0.2, 0.25) is 0 Å². The van der Waals surface area contributed by atoms with Crippen LogP contribution in [-0.2, 0) is 4.79 Å². The van der Waals surface area contributed by atoms with Crippen LogP contribution in [0, 0.1) is 16.0 Å². The molecular weight excluding hydrogens is 276 g/mol. The number of nitrogens with zero attached hydrogens (tertiary/aromatic N) is 2. The number of rotatable bonds is 5. The molecule has 1 atom stereocenters. The zero-order valence-electron chi connectivity index (χ0n) is 11.8. The van der Waals surface area contributed by atoms with E-state index in [1.165, 1.54) is 0 Å². The van der Waals surface area contributed by atoms with Gasteiger partial charge in [0.25, 0.3) is 0 Å². The molecule has 1 aliphatic heterocycles. The zero-order chi connectivity index (χ0) is 15.4. The number of nitro groups is 1. The third-order valence-electron chi connectivity index (χ3n) is 3.57. The quantitative estimate of drug-likeness (QED) is 0.661. The van der Waals surface area contributed by atoms with Crippen LogP contribution in [0.5, 0.6) is 5.75 Å². The largest absolute Gasteiger partial charge is 0.487 e. The molecule has 1 saturated heterocycles. The fraction of sp³-hybridized carbons (Fsp3) is 0.500. The van der Waals surface area contributed by atoms with Gasteiger partial charge in [-0.3, -0.25) is 14.9 Å². The average molecular weight is 294 g/mol. The van der Waals surface area contributed by atoms with Crippen molar-refractivity contribution in [3.8, 4) is 5.75 Å². The average Bonchev–Trinajstić information content (AvgIpc) is 2.47. The Balaban J connectivity index is 2.36. The SMILES string of the molecule is CCOc1cccc(N2CCCC(C(=O)O)C2)c1[N+](=O)[O-]. The number of carboxylic acids is 1. The second kappa shape index (κ2) is 6.43. The molecule has 1 aliphatic rings. The molecule has 1 unspecified atom stereocenters. The lowest BCUT2D eigenvalue weighted by Gasteiger charge is -2.32. The summed E-state index contributed by atoms with van der Waals surface area (Å²) in [6, 6.07) is 4.90. The van der Waals surface area contributed by atoms with Gasteiger partial charge in [0.05, 0.1) is 17.4 Å². The Morgan fingerprint density at radius 3 is 2.95 bits per heavy atom. The van der Waals surface area contributed by atoms with Crippen molar-refractivity contribution in [3.05, 3.63) is 28.3 Å². The van der Waals surface area contributed by atoms with Gasteiger partial charge in [0.15, 0.2) is 5.75 Å². The molecule has 114 valence electrons. The van der Waals surface area contributed by atoms with Gasteiger partial charge >= 0.3 is 11.7 Å². The molecule has 0 aliphatic carbocycles. The molecule has 1 aromatic carbocycles. The van der Waals surface area contributed by atoms with E-state index in [-0.39, 0.29) is 18.0 Å². The van der Waals surface area contributed by atoms with Crippen LogP contribution in [0.4, 0.5) is 11.4 Å². The van der Waals surface area contributed by atoms with Crippen LogP contribution in [-0.4, -0.2) is 35.7 Å². The number of hydrogen-bond acceptors (Lipinski definition) is 5. The number of para-hydroxylation sites is 1. The van der Waals surface area contributed by atoms with E-state index in [1.54, 1.807) is 30.0 Å². The van der Waals surface area contributed by atoms with Crippen LogP contribution < -0.4 is 9.64 Å². The van der Waals surface area contributed by atoms with Gasteiger partial charge in [-0.2, -0.15) is 0 Å². The number of ether oxygens (including phenoxy) is 1. The van der Waals surface area contributed by atoms with E-state index < -0.39 is 16.8 Å². The number of piperidine rings is 1. The highest BCUT2D eigenvalue weighted by atomic mass is 16.6. The van der Waals surface area contributed by atoms with E-state index in [2.05, 4.69) is 0 Å². The highest BCUT2D eigenvalue weighted by molar-refractivity contribution is 5.74. The van der Waals surface area contributed by atoms with Crippen LogP contribution in [0.15, 0.2) is 18.2 Å². The Bertz CT molecular complexity index is 546. The summed E-state index contributed by atoms with van der Waals surface area (Å²) in [6.07, 6.45) is 1.30. The number of hydrogen-bond donors (Lipinski definition) is 1. The summed E-state index contributed by atoms with van der Waals surface area (Å²) in [4.78, 5) is 23.8. The van der Waals surface area contributed by atoms with Gasteiger partial charge in [-0.25, -0.2) is 0 Å². The minimum atomic E-state index is -0.858. The second-order valence-electron chi connectivity index (χ2n) is 4.94. The summed E-state index contributed by atoms with van der Waals surface area (Å²) in [7, 11) is 0. The van der Waals surface area contributed by atoms with E-state index in [1.807, 2.05) is 0 Å². The van der Waals surface area contributed by atoms with Crippen molar-refractivity contribution < 1.29 is 19.6 Å². The van der Waals surface area contributed by atoms with Gasteiger partial charge < -0.3 is 14.7 Å². The molecule has 1 heterocycles. The molecule has 21 heavy (non-hydrogen) atoms. The smallest absolute Gasteiger partial charge is 0.333 e. The lowest BCUT2D eigenvalue weighted by atomic mass is 9.97. The predicted molar refractivity (Wildman–Crippen MR) is 76.8 cm³/mol. The van der Waals surface area contributed by atoms with E-state index in [0.29, 0.717) is 31.7 Å². The highest BCUT2D eigenvalue weighted by Gasteiger charge is 2.31. The molecule has 7 nitrogen and oxygen atoms in total. The van der Waals surface area contributed by atoms with Crippen molar-refractivity contribution in [2.24, 2.45) is 5.92 Å². The summed E-state index contributed by atoms with van der Waals surface area (Å²) >= 11 is 0. The molecule has 0 saturated carbocycles. The molecule has 1 aromatic rings. The maximum Gasteiger partial charge on any atom is 0.333 e. The number of nitro benzene ring substituents is 1. The van der Waals surface area contributed by atoms with E-state index >= 15 is 0 Å². The Morgan fingerprint density at radius 1 is 1.57 bits per heavy atom. The number of aliphatic carboxylic acids is 1.